The van der Waals surface area contributed by atoms with Gasteiger partial charge in [0.2, 0.25) is 0 Å². The van der Waals surface area contributed by atoms with Gasteiger partial charge in [0.15, 0.2) is 12.4 Å². The van der Waals surface area contributed by atoms with E-state index in [0.717, 1.165) is 10.4 Å². The summed E-state index contributed by atoms with van der Waals surface area (Å²) in [6.07, 6.45) is 0. The molecule has 1 atom stereocenters. The van der Waals surface area contributed by atoms with E-state index in [0.29, 0.717) is 5.75 Å². The molecule has 0 spiro atoms. The average molecular weight is 398 g/mol. The van der Waals surface area contributed by atoms with Crippen molar-refractivity contribution in [2.75, 3.05) is 13.7 Å². The van der Waals surface area contributed by atoms with Crippen molar-refractivity contribution in [3.63, 3.8) is 0 Å². The molecular weight excluding hydrogens is 380 g/mol. The number of carbonyl (C=O) groups is 1. The lowest BCUT2D eigenvalue weighted by Crippen LogP contribution is -2.33. The highest BCUT2D eigenvalue weighted by Gasteiger charge is 2.20. The molecule has 0 bridgehead atoms. The Kier molecular flexibility index (Phi) is 6.23. The second-order valence-electron chi connectivity index (χ2n) is 5.81. The lowest BCUT2D eigenvalue weighted by atomic mass is 10.1. The van der Waals surface area contributed by atoms with Crippen LogP contribution in [0.25, 0.3) is 0 Å². The van der Waals surface area contributed by atoms with Crippen molar-refractivity contribution in [3.05, 3.63) is 86.6 Å². The number of ether oxygens (including phenoxy) is 2. The van der Waals surface area contributed by atoms with Crippen molar-refractivity contribution < 1.29 is 19.2 Å². The molecule has 1 amide bonds. The molecule has 28 heavy (non-hydrogen) atoms. The first-order valence-corrected chi connectivity index (χ1v) is 9.29. The van der Waals surface area contributed by atoms with Crippen LogP contribution in [0, 0.1) is 10.1 Å². The summed E-state index contributed by atoms with van der Waals surface area (Å²) >= 11 is 1.53. The Hall–Kier alpha value is -3.39. The van der Waals surface area contributed by atoms with Crippen LogP contribution in [0.4, 0.5) is 5.69 Å². The molecule has 0 saturated heterocycles. The number of rotatable bonds is 8. The summed E-state index contributed by atoms with van der Waals surface area (Å²) in [7, 11) is 1.42. The van der Waals surface area contributed by atoms with Gasteiger partial charge in [0.05, 0.1) is 24.1 Å². The lowest BCUT2D eigenvalue weighted by molar-refractivity contribution is -0.385. The number of methoxy groups -OCH3 is 1. The van der Waals surface area contributed by atoms with Gasteiger partial charge in [-0.25, -0.2) is 0 Å². The first kappa shape index (κ1) is 19.4. The van der Waals surface area contributed by atoms with Crippen LogP contribution in [-0.2, 0) is 4.79 Å². The van der Waals surface area contributed by atoms with Gasteiger partial charge in [-0.05, 0) is 29.1 Å². The number of carbonyl (C=O) groups excluding carboxylic acids is 1. The van der Waals surface area contributed by atoms with Gasteiger partial charge >= 0.3 is 5.69 Å². The molecule has 0 aliphatic carbocycles. The van der Waals surface area contributed by atoms with E-state index in [1.165, 1.54) is 30.6 Å². The van der Waals surface area contributed by atoms with Gasteiger partial charge in [-0.2, -0.15) is 0 Å². The van der Waals surface area contributed by atoms with Crippen LogP contribution in [0.2, 0.25) is 0 Å². The number of thiophene rings is 1. The third-order valence-electron chi connectivity index (χ3n) is 3.99. The Morgan fingerprint density at radius 2 is 1.96 bits per heavy atom. The lowest BCUT2D eigenvalue weighted by Gasteiger charge is -2.18. The molecule has 0 aliphatic rings. The summed E-state index contributed by atoms with van der Waals surface area (Å²) in [4.78, 5) is 24.1. The van der Waals surface area contributed by atoms with Gasteiger partial charge in [0, 0.05) is 4.88 Å². The first-order valence-electron chi connectivity index (χ1n) is 8.41. The predicted molar refractivity (Wildman–Crippen MR) is 106 cm³/mol. The van der Waals surface area contributed by atoms with Crippen LogP contribution in [0.1, 0.15) is 16.5 Å². The molecule has 0 unspecified atom stereocenters. The largest absolute Gasteiger partial charge is 0.496 e. The van der Waals surface area contributed by atoms with Crippen molar-refractivity contribution in [2.45, 2.75) is 6.04 Å². The monoisotopic (exact) mass is 398 g/mol. The van der Waals surface area contributed by atoms with Crippen LogP contribution in [0.5, 0.6) is 11.5 Å². The molecule has 3 rings (SSSR count). The standard InChI is InChI=1S/C20H18N2O5S/c1-26-15-9-10-17(16(12-15)22(24)25)27-13-19(23)21-20(18-8-5-11-28-18)14-6-3-2-4-7-14/h2-12,20H,13H2,1H3,(H,21,23)/t20-/m0/s1. The molecule has 0 fully saturated rings. The number of amides is 1. The van der Waals surface area contributed by atoms with Crippen molar-refractivity contribution >= 4 is 22.9 Å². The maximum Gasteiger partial charge on any atom is 0.314 e. The second-order valence-corrected chi connectivity index (χ2v) is 6.79. The minimum Gasteiger partial charge on any atom is -0.496 e. The van der Waals surface area contributed by atoms with Gasteiger partial charge in [0.1, 0.15) is 5.75 Å². The van der Waals surface area contributed by atoms with Crippen molar-refractivity contribution in [1.29, 1.82) is 0 Å². The zero-order chi connectivity index (χ0) is 19.9. The van der Waals surface area contributed by atoms with E-state index in [1.54, 1.807) is 6.07 Å². The summed E-state index contributed by atoms with van der Waals surface area (Å²) in [6, 6.07) is 17.3. The van der Waals surface area contributed by atoms with E-state index in [9.17, 15) is 14.9 Å². The summed E-state index contributed by atoms with van der Waals surface area (Å²) in [5, 5.41) is 16.1. The van der Waals surface area contributed by atoms with Crippen molar-refractivity contribution in [3.8, 4) is 11.5 Å². The molecule has 1 heterocycles. The Morgan fingerprint density at radius 3 is 2.61 bits per heavy atom. The van der Waals surface area contributed by atoms with Gasteiger partial charge in [0.25, 0.3) is 5.91 Å². The van der Waals surface area contributed by atoms with Crippen LogP contribution in [0.15, 0.2) is 66.0 Å². The van der Waals surface area contributed by atoms with E-state index in [1.807, 2.05) is 47.8 Å². The maximum atomic E-state index is 12.5. The van der Waals surface area contributed by atoms with Crippen LogP contribution in [0.3, 0.4) is 0 Å². The van der Waals surface area contributed by atoms with Crippen molar-refractivity contribution in [1.82, 2.24) is 5.32 Å². The van der Waals surface area contributed by atoms with E-state index in [-0.39, 0.29) is 30.0 Å². The highest BCUT2D eigenvalue weighted by molar-refractivity contribution is 7.10. The fourth-order valence-electron chi connectivity index (χ4n) is 2.65. The molecule has 0 aliphatic heterocycles. The van der Waals surface area contributed by atoms with Crippen LogP contribution in [-0.4, -0.2) is 24.5 Å². The number of benzene rings is 2. The fraction of sp³-hybridized carbons (Fsp3) is 0.150. The number of nitro benzene ring substituents is 1. The molecule has 0 radical (unpaired) electrons. The highest BCUT2D eigenvalue weighted by Crippen LogP contribution is 2.31. The average Bonchev–Trinajstić information content (AvgIpc) is 3.25. The first-order chi connectivity index (χ1) is 13.6. The topological polar surface area (TPSA) is 90.7 Å². The predicted octanol–water partition coefficient (Wildman–Crippen LogP) is 3.95. The smallest absolute Gasteiger partial charge is 0.314 e. The third-order valence-corrected chi connectivity index (χ3v) is 4.92. The molecule has 144 valence electrons. The quantitative estimate of drug-likeness (QED) is 0.458. The summed E-state index contributed by atoms with van der Waals surface area (Å²) < 4.78 is 10.4. The number of nitrogens with one attached hydrogen (secondary N) is 1. The summed E-state index contributed by atoms with van der Waals surface area (Å²) in [5.41, 5.74) is 0.679. The molecule has 0 saturated carbocycles. The molecular formula is C20H18N2O5S. The Morgan fingerprint density at radius 1 is 1.18 bits per heavy atom. The van der Waals surface area contributed by atoms with E-state index in [4.69, 9.17) is 9.47 Å². The minimum atomic E-state index is -0.575. The normalized spacial score (nSPS) is 11.5. The minimum absolute atomic E-state index is 0.00772. The van der Waals surface area contributed by atoms with Gasteiger partial charge in [-0.3, -0.25) is 14.9 Å². The zero-order valence-electron chi connectivity index (χ0n) is 15.0. The summed E-state index contributed by atoms with van der Waals surface area (Å²) in [6.45, 7) is -0.345. The van der Waals surface area contributed by atoms with E-state index < -0.39 is 4.92 Å². The number of hydrogen-bond donors (Lipinski definition) is 1. The van der Waals surface area contributed by atoms with Gasteiger partial charge in [-0.15, -0.1) is 11.3 Å². The van der Waals surface area contributed by atoms with Crippen molar-refractivity contribution in [2.24, 2.45) is 0 Å². The fourth-order valence-corrected chi connectivity index (χ4v) is 3.46. The highest BCUT2D eigenvalue weighted by atomic mass is 32.1. The third kappa shape index (κ3) is 4.66. The molecule has 3 aromatic rings. The van der Waals surface area contributed by atoms with Gasteiger partial charge in [-0.1, -0.05) is 36.4 Å². The Balaban J connectivity index is 1.72. The second kappa shape index (κ2) is 9.01. The van der Waals surface area contributed by atoms with E-state index >= 15 is 0 Å². The van der Waals surface area contributed by atoms with Crippen LogP contribution >= 0.6 is 11.3 Å². The SMILES string of the molecule is COc1ccc(OCC(=O)N[C@@H](c2ccccc2)c2cccs2)c([N+](=O)[O-])c1. The maximum absolute atomic E-state index is 12.5. The number of hydrogen-bond acceptors (Lipinski definition) is 6. The molecule has 7 nitrogen and oxygen atoms in total. The molecule has 2 aromatic carbocycles. The Bertz CT molecular complexity index is 944. The van der Waals surface area contributed by atoms with Gasteiger partial charge < -0.3 is 14.8 Å². The zero-order valence-corrected chi connectivity index (χ0v) is 15.8. The molecule has 1 aromatic heterocycles. The van der Waals surface area contributed by atoms with E-state index in [2.05, 4.69) is 5.32 Å². The molecule has 1 N–H and O–H groups in total. The number of nitrogens with zero attached hydrogens (tertiary/aromatic N) is 1. The Labute approximate surface area is 165 Å². The van der Waals surface area contributed by atoms with Crippen LogP contribution < -0.4 is 14.8 Å². The number of nitro groups is 1. The summed E-state index contributed by atoms with van der Waals surface area (Å²) in [5.74, 6) is -0.0361. The molecule has 8 heteroatoms.